The normalized spacial score (nSPS) is 19.7. The maximum absolute atomic E-state index is 12.6. The van der Waals surface area contributed by atoms with Crippen molar-refractivity contribution in [2.75, 3.05) is 17.2 Å². The minimum atomic E-state index is -0.646. The van der Waals surface area contributed by atoms with Gasteiger partial charge >= 0.3 is 6.03 Å². The number of carbonyl (C=O) groups excluding carboxylic acids is 2. The lowest BCUT2D eigenvalue weighted by atomic mass is 9.94. The van der Waals surface area contributed by atoms with Crippen LogP contribution in [0.15, 0.2) is 54.6 Å². The molecule has 0 radical (unpaired) electrons. The first-order valence-electron chi connectivity index (χ1n) is 7.64. The van der Waals surface area contributed by atoms with Crippen LogP contribution < -0.4 is 27.2 Å². The van der Waals surface area contributed by atoms with E-state index in [2.05, 4.69) is 21.5 Å². The Morgan fingerprint density at radius 3 is 2.42 bits per heavy atom. The van der Waals surface area contributed by atoms with Crippen molar-refractivity contribution in [3.8, 4) is 0 Å². The number of rotatable bonds is 4. The molecule has 0 bridgehead atoms. The van der Waals surface area contributed by atoms with E-state index in [1.807, 2.05) is 30.3 Å². The van der Waals surface area contributed by atoms with Crippen molar-refractivity contribution in [1.82, 2.24) is 10.9 Å². The Hall–Kier alpha value is -2.90. The standard InChI is InChI=1S/C17H19N5O2/c18-17(24)21-13-8-4-7-12(9-13)20-16(23)14-10-19-22-15(14)11-5-2-1-3-6-11/h1-9,14-15,19,22H,10H2,(H,20,23)(H3,18,21,24). The molecular formula is C17H19N5O2. The van der Waals surface area contributed by atoms with Crippen molar-refractivity contribution in [2.45, 2.75) is 6.04 Å². The van der Waals surface area contributed by atoms with Crippen LogP contribution in [0.5, 0.6) is 0 Å². The number of anilines is 2. The van der Waals surface area contributed by atoms with Crippen LogP contribution in [0.4, 0.5) is 16.2 Å². The van der Waals surface area contributed by atoms with Gasteiger partial charge in [0.1, 0.15) is 0 Å². The second-order valence-corrected chi connectivity index (χ2v) is 5.58. The Balaban J connectivity index is 1.71. The molecule has 6 N–H and O–H groups in total. The highest BCUT2D eigenvalue weighted by molar-refractivity contribution is 5.95. The van der Waals surface area contributed by atoms with Crippen molar-refractivity contribution < 1.29 is 9.59 Å². The monoisotopic (exact) mass is 325 g/mol. The zero-order chi connectivity index (χ0) is 16.9. The number of benzene rings is 2. The SMILES string of the molecule is NC(=O)Nc1cccc(NC(=O)C2CNNC2c2ccccc2)c1. The molecule has 2 aromatic carbocycles. The second-order valence-electron chi connectivity index (χ2n) is 5.58. The van der Waals surface area contributed by atoms with Crippen LogP contribution in [0.2, 0.25) is 0 Å². The Morgan fingerprint density at radius 1 is 1.00 bits per heavy atom. The van der Waals surface area contributed by atoms with Crippen molar-refractivity contribution in [2.24, 2.45) is 11.7 Å². The molecule has 3 amide bonds. The molecule has 0 spiro atoms. The molecule has 7 heteroatoms. The van der Waals surface area contributed by atoms with Gasteiger partial charge in [-0.15, -0.1) is 0 Å². The number of carbonyl (C=O) groups is 2. The van der Waals surface area contributed by atoms with Gasteiger partial charge in [-0.25, -0.2) is 10.2 Å². The fourth-order valence-corrected chi connectivity index (χ4v) is 2.77. The fraction of sp³-hybridized carbons (Fsp3) is 0.176. The lowest BCUT2D eigenvalue weighted by Crippen LogP contribution is -2.29. The van der Waals surface area contributed by atoms with Gasteiger partial charge in [0.15, 0.2) is 0 Å². The first kappa shape index (κ1) is 16.0. The second kappa shape index (κ2) is 7.12. The topological polar surface area (TPSA) is 108 Å². The molecule has 0 aliphatic carbocycles. The molecule has 3 rings (SSSR count). The number of hydrazine groups is 1. The Morgan fingerprint density at radius 2 is 1.71 bits per heavy atom. The zero-order valence-electron chi connectivity index (χ0n) is 13.0. The van der Waals surface area contributed by atoms with E-state index in [9.17, 15) is 9.59 Å². The molecule has 0 saturated carbocycles. The first-order valence-corrected chi connectivity index (χ1v) is 7.64. The predicted octanol–water partition coefficient (Wildman–Crippen LogP) is 1.58. The fourth-order valence-electron chi connectivity index (χ4n) is 2.77. The summed E-state index contributed by atoms with van der Waals surface area (Å²) in [6.45, 7) is 0.532. The van der Waals surface area contributed by atoms with Crippen LogP contribution in [-0.4, -0.2) is 18.5 Å². The molecule has 0 aromatic heterocycles. The summed E-state index contributed by atoms with van der Waals surface area (Å²) in [4.78, 5) is 23.5. The number of amides is 3. The third-order valence-electron chi connectivity index (χ3n) is 3.88. The zero-order valence-corrected chi connectivity index (χ0v) is 13.0. The molecule has 1 saturated heterocycles. The third-order valence-corrected chi connectivity index (χ3v) is 3.88. The van der Waals surface area contributed by atoms with E-state index in [1.54, 1.807) is 24.3 Å². The molecule has 1 fully saturated rings. The lowest BCUT2D eigenvalue weighted by molar-refractivity contribution is -0.119. The summed E-state index contributed by atoms with van der Waals surface area (Å²) < 4.78 is 0. The quantitative estimate of drug-likeness (QED) is 0.588. The summed E-state index contributed by atoms with van der Waals surface area (Å²) in [5, 5.41) is 5.37. The third kappa shape index (κ3) is 3.70. The lowest BCUT2D eigenvalue weighted by Gasteiger charge is -2.18. The van der Waals surface area contributed by atoms with Crippen molar-refractivity contribution in [1.29, 1.82) is 0 Å². The average Bonchev–Trinajstić information content (AvgIpc) is 3.05. The van der Waals surface area contributed by atoms with Crippen LogP contribution in [0.25, 0.3) is 0 Å². The van der Waals surface area contributed by atoms with E-state index >= 15 is 0 Å². The molecule has 2 atom stereocenters. The van der Waals surface area contributed by atoms with Gasteiger partial charge in [0.25, 0.3) is 0 Å². The number of hydrogen-bond donors (Lipinski definition) is 5. The Labute approximate surface area is 139 Å². The number of nitrogens with two attached hydrogens (primary N) is 1. The molecule has 7 nitrogen and oxygen atoms in total. The van der Waals surface area contributed by atoms with Crippen LogP contribution >= 0.6 is 0 Å². The highest BCUT2D eigenvalue weighted by Crippen LogP contribution is 2.26. The largest absolute Gasteiger partial charge is 0.351 e. The molecule has 124 valence electrons. The van der Waals surface area contributed by atoms with Gasteiger partial charge in [-0.05, 0) is 23.8 Å². The van der Waals surface area contributed by atoms with Crippen molar-refractivity contribution in [3.63, 3.8) is 0 Å². The van der Waals surface area contributed by atoms with E-state index in [1.165, 1.54) is 0 Å². The molecule has 2 aromatic rings. The highest BCUT2D eigenvalue weighted by atomic mass is 16.2. The van der Waals surface area contributed by atoms with E-state index in [0.29, 0.717) is 17.9 Å². The van der Waals surface area contributed by atoms with Gasteiger partial charge in [0.2, 0.25) is 5.91 Å². The predicted molar refractivity (Wildman–Crippen MR) is 92.1 cm³/mol. The summed E-state index contributed by atoms with van der Waals surface area (Å²) in [6, 6.07) is 15.9. The molecule has 1 heterocycles. The van der Waals surface area contributed by atoms with Crippen LogP contribution in [0.1, 0.15) is 11.6 Å². The van der Waals surface area contributed by atoms with Gasteiger partial charge < -0.3 is 16.4 Å². The summed E-state index contributed by atoms with van der Waals surface area (Å²) in [7, 11) is 0. The van der Waals surface area contributed by atoms with E-state index in [0.717, 1.165) is 5.56 Å². The van der Waals surface area contributed by atoms with Gasteiger partial charge in [0, 0.05) is 17.9 Å². The number of primary amides is 1. The van der Waals surface area contributed by atoms with Gasteiger partial charge in [-0.3, -0.25) is 10.2 Å². The van der Waals surface area contributed by atoms with Crippen molar-refractivity contribution in [3.05, 3.63) is 60.2 Å². The minimum Gasteiger partial charge on any atom is -0.351 e. The minimum absolute atomic E-state index is 0.0990. The number of hydrogen-bond acceptors (Lipinski definition) is 4. The maximum atomic E-state index is 12.6. The molecule has 1 aliphatic rings. The van der Waals surface area contributed by atoms with Crippen LogP contribution in [0.3, 0.4) is 0 Å². The molecule has 2 unspecified atom stereocenters. The molecule has 1 aliphatic heterocycles. The van der Waals surface area contributed by atoms with Crippen molar-refractivity contribution >= 4 is 23.3 Å². The van der Waals surface area contributed by atoms with Crippen LogP contribution in [-0.2, 0) is 4.79 Å². The smallest absolute Gasteiger partial charge is 0.316 e. The summed E-state index contributed by atoms with van der Waals surface area (Å²) in [5.74, 6) is -0.349. The average molecular weight is 325 g/mol. The number of urea groups is 1. The van der Waals surface area contributed by atoms with Gasteiger partial charge in [0.05, 0.1) is 12.0 Å². The summed E-state index contributed by atoms with van der Waals surface area (Å²) in [6.07, 6.45) is 0. The molecule has 24 heavy (non-hydrogen) atoms. The summed E-state index contributed by atoms with van der Waals surface area (Å²) >= 11 is 0. The Kier molecular flexibility index (Phi) is 4.74. The van der Waals surface area contributed by atoms with E-state index < -0.39 is 6.03 Å². The maximum Gasteiger partial charge on any atom is 0.316 e. The van der Waals surface area contributed by atoms with E-state index in [-0.39, 0.29) is 17.9 Å². The molecular weight excluding hydrogens is 306 g/mol. The van der Waals surface area contributed by atoms with Gasteiger partial charge in [-0.1, -0.05) is 36.4 Å². The highest BCUT2D eigenvalue weighted by Gasteiger charge is 2.33. The number of nitrogens with one attached hydrogen (secondary N) is 4. The Bertz CT molecular complexity index is 735. The van der Waals surface area contributed by atoms with E-state index in [4.69, 9.17) is 5.73 Å². The van der Waals surface area contributed by atoms with Gasteiger partial charge in [-0.2, -0.15) is 0 Å². The van der Waals surface area contributed by atoms with Crippen LogP contribution in [0, 0.1) is 5.92 Å². The first-order chi connectivity index (χ1) is 11.6. The summed E-state index contributed by atoms with van der Waals surface area (Å²) in [5.41, 5.74) is 13.5.